The number of rotatable bonds is 10. The van der Waals surface area contributed by atoms with Crippen molar-refractivity contribution in [3.63, 3.8) is 0 Å². The Kier molecular flexibility index (Phi) is 7.92. The Hall–Kier alpha value is -4.27. The summed E-state index contributed by atoms with van der Waals surface area (Å²) in [6.07, 6.45) is 0.219. The zero-order valence-corrected chi connectivity index (χ0v) is 18.8. The number of hydrogen-bond donors (Lipinski definition) is 2. The van der Waals surface area contributed by atoms with Crippen LogP contribution in [0.3, 0.4) is 0 Å². The van der Waals surface area contributed by atoms with Gasteiger partial charge in [0, 0.05) is 19.2 Å². The Labute approximate surface area is 196 Å². The minimum atomic E-state index is -1.32. The fourth-order valence-corrected chi connectivity index (χ4v) is 3.28. The standard InChI is InChI=1S/C25H25N3O6/c1-16(23(30)31)12-13-28(22(29)20-14-21(24(32)33)27-25(26-20)34-2)15-17-8-10-19(11-9-17)18-6-4-3-5-7-18/h3-11,14,16H,12-13,15H2,1-2H3,(H,30,31)(H,32,33). The summed E-state index contributed by atoms with van der Waals surface area (Å²) in [4.78, 5) is 45.2. The van der Waals surface area contributed by atoms with Crippen LogP contribution in [0.1, 0.15) is 39.9 Å². The molecule has 176 valence electrons. The third-order valence-corrected chi connectivity index (χ3v) is 5.30. The van der Waals surface area contributed by atoms with Gasteiger partial charge in [0.2, 0.25) is 0 Å². The molecule has 1 heterocycles. The van der Waals surface area contributed by atoms with Crippen LogP contribution >= 0.6 is 0 Å². The minimum absolute atomic E-state index is 0.140. The normalized spacial score (nSPS) is 11.5. The zero-order valence-electron chi connectivity index (χ0n) is 18.8. The van der Waals surface area contributed by atoms with Crippen LogP contribution in [-0.2, 0) is 11.3 Å². The lowest BCUT2D eigenvalue weighted by Crippen LogP contribution is -2.34. The first kappa shape index (κ1) is 24.4. The van der Waals surface area contributed by atoms with E-state index in [-0.39, 0.29) is 36.9 Å². The molecule has 0 bridgehead atoms. The van der Waals surface area contributed by atoms with Crippen LogP contribution in [0.25, 0.3) is 11.1 Å². The number of aromatic carboxylic acids is 1. The van der Waals surface area contributed by atoms with Gasteiger partial charge in [0.15, 0.2) is 5.69 Å². The van der Waals surface area contributed by atoms with Gasteiger partial charge in [0.05, 0.1) is 13.0 Å². The van der Waals surface area contributed by atoms with Gasteiger partial charge < -0.3 is 19.8 Å². The van der Waals surface area contributed by atoms with Crippen LogP contribution in [0.5, 0.6) is 6.01 Å². The van der Waals surface area contributed by atoms with Crippen LogP contribution < -0.4 is 4.74 Å². The summed E-state index contributed by atoms with van der Waals surface area (Å²) in [5, 5.41) is 18.5. The van der Waals surface area contributed by atoms with Gasteiger partial charge >= 0.3 is 17.9 Å². The minimum Gasteiger partial charge on any atom is -0.481 e. The van der Waals surface area contributed by atoms with Gasteiger partial charge in [-0.3, -0.25) is 9.59 Å². The van der Waals surface area contributed by atoms with Crippen molar-refractivity contribution in [2.24, 2.45) is 5.92 Å². The van der Waals surface area contributed by atoms with Gasteiger partial charge in [-0.1, -0.05) is 61.5 Å². The van der Waals surface area contributed by atoms with E-state index in [0.717, 1.165) is 22.8 Å². The highest BCUT2D eigenvalue weighted by molar-refractivity contribution is 5.95. The molecular formula is C25H25N3O6. The maximum absolute atomic E-state index is 13.3. The molecule has 2 N–H and O–H groups in total. The molecule has 0 radical (unpaired) electrons. The summed E-state index contributed by atoms with van der Waals surface area (Å²) in [5.41, 5.74) is 2.39. The molecule has 1 amide bonds. The first-order valence-corrected chi connectivity index (χ1v) is 10.6. The third-order valence-electron chi connectivity index (χ3n) is 5.30. The first-order valence-electron chi connectivity index (χ1n) is 10.6. The summed E-state index contributed by atoms with van der Waals surface area (Å²) < 4.78 is 4.94. The van der Waals surface area contributed by atoms with Crippen LogP contribution in [0, 0.1) is 5.92 Å². The second kappa shape index (κ2) is 11.0. The number of nitrogens with zero attached hydrogens (tertiary/aromatic N) is 3. The first-order chi connectivity index (χ1) is 16.3. The molecule has 0 saturated carbocycles. The number of carbonyl (C=O) groups is 3. The van der Waals surface area contributed by atoms with E-state index in [0.29, 0.717) is 0 Å². The fourth-order valence-electron chi connectivity index (χ4n) is 3.28. The van der Waals surface area contributed by atoms with Gasteiger partial charge in [-0.2, -0.15) is 9.97 Å². The largest absolute Gasteiger partial charge is 0.481 e. The van der Waals surface area contributed by atoms with Crippen molar-refractivity contribution in [1.29, 1.82) is 0 Å². The van der Waals surface area contributed by atoms with Gasteiger partial charge in [-0.05, 0) is 23.1 Å². The van der Waals surface area contributed by atoms with Crippen molar-refractivity contribution < 1.29 is 29.3 Å². The molecule has 0 fully saturated rings. The summed E-state index contributed by atoms with van der Waals surface area (Å²) in [5.74, 6) is -3.49. The SMILES string of the molecule is COc1nc(C(=O)O)cc(C(=O)N(CCC(C)C(=O)O)Cc2ccc(-c3ccccc3)cc2)n1. The van der Waals surface area contributed by atoms with Crippen LogP contribution in [-0.4, -0.2) is 56.6 Å². The van der Waals surface area contributed by atoms with E-state index < -0.39 is 23.8 Å². The van der Waals surface area contributed by atoms with Crippen LogP contribution in [0.2, 0.25) is 0 Å². The molecule has 9 nitrogen and oxygen atoms in total. The number of carbonyl (C=O) groups excluding carboxylic acids is 1. The number of ether oxygens (including phenoxy) is 1. The van der Waals surface area contributed by atoms with Gasteiger partial charge in [0.25, 0.3) is 5.91 Å². The molecule has 1 atom stereocenters. The maximum Gasteiger partial charge on any atom is 0.354 e. The highest BCUT2D eigenvalue weighted by atomic mass is 16.5. The number of amides is 1. The number of aliphatic carboxylic acids is 1. The predicted octanol–water partition coefficient (Wildman–Crippen LogP) is 3.60. The highest BCUT2D eigenvalue weighted by Crippen LogP contribution is 2.21. The molecule has 9 heteroatoms. The second-order valence-corrected chi connectivity index (χ2v) is 7.75. The van der Waals surface area contributed by atoms with Crippen molar-refractivity contribution >= 4 is 17.8 Å². The lowest BCUT2D eigenvalue weighted by atomic mass is 10.0. The number of aromatic nitrogens is 2. The summed E-state index contributed by atoms with van der Waals surface area (Å²) >= 11 is 0. The number of carboxylic acid groups (broad SMARTS) is 2. The lowest BCUT2D eigenvalue weighted by molar-refractivity contribution is -0.141. The van der Waals surface area contributed by atoms with E-state index in [1.807, 2.05) is 54.6 Å². The Morgan fingerprint density at radius 1 is 0.941 bits per heavy atom. The molecule has 3 aromatic rings. The van der Waals surface area contributed by atoms with Crippen molar-refractivity contribution in [3.8, 4) is 17.1 Å². The molecule has 0 aliphatic rings. The molecule has 1 unspecified atom stereocenters. The van der Waals surface area contributed by atoms with Gasteiger partial charge in [0.1, 0.15) is 5.69 Å². The van der Waals surface area contributed by atoms with Crippen LogP contribution in [0.4, 0.5) is 0 Å². The zero-order chi connectivity index (χ0) is 24.7. The number of methoxy groups -OCH3 is 1. The van der Waals surface area contributed by atoms with Crippen molar-refractivity contribution in [3.05, 3.63) is 77.6 Å². The number of carboxylic acids is 2. The van der Waals surface area contributed by atoms with Gasteiger partial charge in [-0.15, -0.1) is 0 Å². The summed E-state index contributed by atoms with van der Waals surface area (Å²) in [6.45, 7) is 1.90. The van der Waals surface area contributed by atoms with Gasteiger partial charge in [-0.25, -0.2) is 4.79 Å². The molecule has 0 aliphatic heterocycles. The molecular weight excluding hydrogens is 438 g/mol. The second-order valence-electron chi connectivity index (χ2n) is 7.75. The molecule has 2 aromatic carbocycles. The molecule has 34 heavy (non-hydrogen) atoms. The summed E-state index contributed by atoms with van der Waals surface area (Å²) in [7, 11) is 1.27. The number of benzene rings is 2. The molecule has 0 aliphatic carbocycles. The fraction of sp³-hybridized carbons (Fsp3) is 0.240. The van der Waals surface area contributed by atoms with Crippen molar-refractivity contribution in [2.45, 2.75) is 19.9 Å². The van der Waals surface area contributed by atoms with Crippen molar-refractivity contribution in [2.75, 3.05) is 13.7 Å². The Morgan fingerprint density at radius 2 is 1.56 bits per heavy atom. The maximum atomic E-state index is 13.3. The van der Waals surface area contributed by atoms with E-state index in [2.05, 4.69) is 9.97 Å². The Bertz CT molecular complexity index is 1170. The number of hydrogen-bond acceptors (Lipinski definition) is 6. The lowest BCUT2D eigenvalue weighted by Gasteiger charge is -2.24. The average molecular weight is 463 g/mol. The van der Waals surface area contributed by atoms with E-state index in [4.69, 9.17) is 4.74 Å². The average Bonchev–Trinajstić information content (AvgIpc) is 2.86. The van der Waals surface area contributed by atoms with Crippen molar-refractivity contribution in [1.82, 2.24) is 14.9 Å². The topological polar surface area (TPSA) is 130 Å². The van der Waals surface area contributed by atoms with E-state index in [1.165, 1.54) is 12.0 Å². The molecule has 0 saturated heterocycles. The Morgan fingerprint density at radius 3 is 2.15 bits per heavy atom. The predicted molar refractivity (Wildman–Crippen MR) is 124 cm³/mol. The van der Waals surface area contributed by atoms with Crippen LogP contribution in [0.15, 0.2) is 60.7 Å². The quantitative estimate of drug-likeness (QED) is 0.466. The molecule has 3 rings (SSSR count). The Balaban J connectivity index is 1.87. The van der Waals surface area contributed by atoms with E-state index in [1.54, 1.807) is 6.92 Å². The van der Waals surface area contributed by atoms with E-state index in [9.17, 15) is 24.6 Å². The molecule has 1 aromatic heterocycles. The highest BCUT2D eigenvalue weighted by Gasteiger charge is 2.23. The smallest absolute Gasteiger partial charge is 0.354 e. The molecule has 0 spiro atoms. The summed E-state index contributed by atoms with van der Waals surface area (Å²) in [6, 6.07) is 18.4. The monoisotopic (exact) mass is 463 g/mol. The van der Waals surface area contributed by atoms with E-state index >= 15 is 0 Å². The third kappa shape index (κ3) is 6.16.